The summed E-state index contributed by atoms with van der Waals surface area (Å²) in [5.41, 5.74) is 0. The van der Waals surface area contributed by atoms with Crippen molar-refractivity contribution in [3.63, 3.8) is 0 Å². The van der Waals surface area contributed by atoms with Crippen LogP contribution in [0.2, 0.25) is 0 Å². The van der Waals surface area contributed by atoms with E-state index in [0.29, 0.717) is 25.7 Å². The quantitative estimate of drug-likeness (QED) is 0.0222. The number of rotatable bonds is 78. The van der Waals surface area contributed by atoms with Gasteiger partial charge in [-0.3, -0.25) is 37.3 Å². The van der Waals surface area contributed by atoms with Crippen molar-refractivity contribution in [2.24, 2.45) is 23.7 Å². The Morgan fingerprint density at radius 1 is 0.280 bits per heavy atom. The molecule has 0 saturated heterocycles. The fourth-order valence-corrected chi connectivity index (χ4v) is 13.9. The summed E-state index contributed by atoms with van der Waals surface area (Å²) in [4.78, 5) is 73.0. The third-order valence-electron chi connectivity index (χ3n) is 19.5. The second kappa shape index (κ2) is 70.1. The van der Waals surface area contributed by atoms with Gasteiger partial charge in [0.1, 0.15) is 19.3 Å². The first-order valence-electron chi connectivity index (χ1n) is 41.8. The predicted molar refractivity (Wildman–Crippen MR) is 409 cm³/mol. The molecule has 19 heteroatoms. The molecule has 0 aromatic heterocycles. The average molecular weight is 1470 g/mol. The number of phosphoric acid groups is 2. The summed E-state index contributed by atoms with van der Waals surface area (Å²) in [6.45, 7) is 14.3. The van der Waals surface area contributed by atoms with Crippen LogP contribution >= 0.6 is 15.6 Å². The third kappa shape index (κ3) is 71.7. The van der Waals surface area contributed by atoms with Crippen LogP contribution in [0.1, 0.15) is 415 Å². The smallest absolute Gasteiger partial charge is 0.462 e. The molecule has 4 unspecified atom stereocenters. The van der Waals surface area contributed by atoms with Crippen molar-refractivity contribution in [1.82, 2.24) is 0 Å². The molecule has 0 spiro atoms. The molecule has 100 heavy (non-hydrogen) atoms. The molecule has 0 bridgehead atoms. The lowest BCUT2D eigenvalue weighted by Crippen LogP contribution is -2.30. The van der Waals surface area contributed by atoms with E-state index in [0.717, 1.165) is 120 Å². The number of unbranched alkanes of at least 4 members (excludes halogenated alkanes) is 42. The van der Waals surface area contributed by atoms with Gasteiger partial charge in [-0.05, 0) is 49.4 Å². The van der Waals surface area contributed by atoms with Crippen LogP contribution in [0.25, 0.3) is 0 Å². The van der Waals surface area contributed by atoms with Gasteiger partial charge in [-0.15, -0.1) is 0 Å². The first-order valence-corrected chi connectivity index (χ1v) is 44.8. The van der Waals surface area contributed by atoms with Crippen LogP contribution in [0.5, 0.6) is 0 Å². The lowest BCUT2D eigenvalue weighted by molar-refractivity contribution is -0.161. The molecule has 3 N–H and O–H groups in total. The van der Waals surface area contributed by atoms with Crippen LogP contribution in [-0.2, 0) is 65.4 Å². The molecule has 0 rings (SSSR count). The number of hydrogen-bond acceptors (Lipinski definition) is 15. The number of esters is 4. The molecular formula is C81H158O17P2. The Kier molecular flexibility index (Phi) is 68.7. The fraction of sp³-hybridized carbons (Fsp3) is 0.951. The maximum atomic E-state index is 13.1. The van der Waals surface area contributed by atoms with Crippen molar-refractivity contribution < 1.29 is 80.2 Å². The topological polar surface area (TPSA) is 237 Å². The van der Waals surface area contributed by atoms with E-state index in [9.17, 15) is 43.2 Å². The van der Waals surface area contributed by atoms with Crippen molar-refractivity contribution in [3.05, 3.63) is 0 Å². The molecule has 7 atom stereocenters. The molecule has 17 nitrogen and oxygen atoms in total. The van der Waals surface area contributed by atoms with Crippen molar-refractivity contribution >= 4 is 39.5 Å². The van der Waals surface area contributed by atoms with Gasteiger partial charge < -0.3 is 33.8 Å². The van der Waals surface area contributed by atoms with Crippen LogP contribution in [-0.4, -0.2) is 96.7 Å². The van der Waals surface area contributed by atoms with Crippen molar-refractivity contribution in [2.45, 2.75) is 433 Å². The normalized spacial score (nSPS) is 14.6. The third-order valence-corrected chi connectivity index (χ3v) is 21.4. The summed E-state index contributed by atoms with van der Waals surface area (Å²) in [5, 5.41) is 10.6. The van der Waals surface area contributed by atoms with Gasteiger partial charge in [0.25, 0.3) is 0 Å². The highest BCUT2D eigenvalue weighted by Gasteiger charge is 2.30. The van der Waals surface area contributed by atoms with Crippen LogP contribution < -0.4 is 0 Å². The van der Waals surface area contributed by atoms with Gasteiger partial charge in [0.2, 0.25) is 0 Å². The minimum atomic E-state index is -4.96. The molecule has 0 fully saturated rings. The Morgan fingerprint density at radius 3 is 0.710 bits per heavy atom. The largest absolute Gasteiger partial charge is 0.472 e. The summed E-state index contributed by atoms with van der Waals surface area (Å²) >= 11 is 0. The standard InChI is InChI=1S/C81H158O17P2/c1-9-73(7)59-51-43-35-29-22-18-15-16-19-23-30-36-45-53-61-78(83)91-67-76(97-80(85)63-55-47-37-31-24-20-14-12-11-13-17-21-27-33-41-49-57-71(3)4)69-95-99(87,88)93-65-75(82)66-94-100(89,90)96-70-77(68-92-79(84)62-54-46-40-39-44-52-60-74(8)10-2)98-81(86)64-56-48-38-32-26-25-28-34-42-50-58-72(5)6/h71-77,82H,9-70H2,1-8H3,(H,87,88)(H,89,90)/t73?,74?,75-,76-,77-/m1/s1. The van der Waals surface area contributed by atoms with Crippen molar-refractivity contribution in [3.8, 4) is 0 Å². The van der Waals surface area contributed by atoms with Crippen LogP contribution in [0.3, 0.4) is 0 Å². The number of aliphatic hydroxyl groups is 1. The Balaban J connectivity index is 5.25. The minimum absolute atomic E-state index is 0.105. The number of ether oxygens (including phenoxy) is 4. The Morgan fingerprint density at radius 2 is 0.480 bits per heavy atom. The van der Waals surface area contributed by atoms with E-state index in [1.165, 1.54) is 212 Å². The van der Waals surface area contributed by atoms with Gasteiger partial charge in [-0.1, -0.05) is 364 Å². The minimum Gasteiger partial charge on any atom is -0.462 e. The number of carbonyl (C=O) groups is 4. The van der Waals surface area contributed by atoms with Crippen molar-refractivity contribution in [1.29, 1.82) is 0 Å². The van der Waals surface area contributed by atoms with E-state index in [-0.39, 0.29) is 25.7 Å². The van der Waals surface area contributed by atoms with E-state index < -0.39 is 97.5 Å². The first kappa shape index (κ1) is 98.1. The average Bonchev–Trinajstić information content (AvgIpc) is 1.09. The molecule has 0 saturated carbocycles. The maximum absolute atomic E-state index is 13.1. The zero-order chi connectivity index (χ0) is 73.8. The molecule has 0 aliphatic rings. The van der Waals surface area contributed by atoms with Crippen molar-refractivity contribution in [2.75, 3.05) is 39.6 Å². The second-order valence-electron chi connectivity index (χ2n) is 30.6. The van der Waals surface area contributed by atoms with Gasteiger partial charge in [0.15, 0.2) is 12.2 Å². The van der Waals surface area contributed by atoms with Gasteiger partial charge in [0.05, 0.1) is 26.4 Å². The lowest BCUT2D eigenvalue weighted by Gasteiger charge is -2.21. The summed E-state index contributed by atoms with van der Waals surface area (Å²) in [6, 6.07) is 0. The number of hydrogen-bond donors (Lipinski definition) is 3. The highest BCUT2D eigenvalue weighted by atomic mass is 31.2. The summed E-state index contributed by atoms with van der Waals surface area (Å²) in [7, 11) is -9.92. The molecule has 0 aromatic rings. The SMILES string of the molecule is CCC(C)CCCCCCCCCCCCCCCCC(=O)OC[C@H](COP(=O)(O)OC[C@@H](O)COP(=O)(O)OC[C@@H](COC(=O)CCCCCCCCC(C)CC)OC(=O)CCCCCCCCCCCCC(C)C)OC(=O)CCCCCCCCCCCCCCCCCCC(C)C. The number of phosphoric ester groups is 2. The number of carbonyl (C=O) groups excluding carboxylic acids is 4. The number of aliphatic hydroxyl groups excluding tert-OH is 1. The van der Waals surface area contributed by atoms with E-state index in [1.807, 2.05) is 0 Å². The summed E-state index contributed by atoms with van der Waals surface area (Å²) < 4.78 is 68.7. The van der Waals surface area contributed by atoms with Gasteiger partial charge in [0, 0.05) is 25.7 Å². The predicted octanol–water partition coefficient (Wildman–Crippen LogP) is 24.0. The zero-order valence-corrected chi connectivity index (χ0v) is 67.6. The molecule has 0 aromatic carbocycles. The van der Waals surface area contributed by atoms with E-state index >= 15 is 0 Å². The Bertz CT molecular complexity index is 1960. The lowest BCUT2D eigenvalue weighted by atomic mass is 9.99. The Labute approximate surface area is 613 Å². The molecule has 0 aliphatic carbocycles. The molecule has 594 valence electrons. The molecule has 0 amide bonds. The second-order valence-corrected chi connectivity index (χ2v) is 33.5. The zero-order valence-electron chi connectivity index (χ0n) is 65.8. The maximum Gasteiger partial charge on any atom is 0.472 e. The molecule has 0 radical (unpaired) electrons. The van der Waals surface area contributed by atoms with Gasteiger partial charge >= 0.3 is 39.5 Å². The van der Waals surface area contributed by atoms with Crippen LogP contribution in [0.4, 0.5) is 0 Å². The van der Waals surface area contributed by atoms with E-state index in [1.54, 1.807) is 0 Å². The summed E-state index contributed by atoms with van der Waals surface area (Å²) in [6.07, 6.45) is 56.9. The fourth-order valence-electron chi connectivity index (χ4n) is 12.4. The monoisotopic (exact) mass is 1470 g/mol. The van der Waals surface area contributed by atoms with Crippen LogP contribution in [0, 0.1) is 23.7 Å². The molecule has 0 aliphatic heterocycles. The highest BCUT2D eigenvalue weighted by Crippen LogP contribution is 2.45. The van der Waals surface area contributed by atoms with Crippen LogP contribution in [0.15, 0.2) is 0 Å². The van der Waals surface area contributed by atoms with E-state index in [2.05, 4.69) is 55.4 Å². The molecular weight excluding hydrogens is 1310 g/mol. The van der Waals surface area contributed by atoms with E-state index in [4.69, 9.17) is 37.0 Å². The van der Waals surface area contributed by atoms with Gasteiger partial charge in [-0.2, -0.15) is 0 Å². The highest BCUT2D eigenvalue weighted by molar-refractivity contribution is 7.47. The summed E-state index contributed by atoms with van der Waals surface area (Å²) in [5.74, 6) is 1.03. The molecule has 0 heterocycles. The van der Waals surface area contributed by atoms with Gasteiger partial charge in [-0.25, -0.2) is 9.13 Å². The Hall–Kier alpha value is -1.94. The first-order chi connectivity index (χ1) is 48.2.